The molecule has 19 heavy (non-hydrogen) atoms. The molecule has 0 aromatic heterocycles. The van der Waals surface area contributed by atoms with Crippen molar-refractivity contribution < 1.29 is 4.79 Å². The summed E-state index contributed by atoms with van der Waals surface area (Å²) in [6, 6.07) is 0.206. The van der Waals surface area contributed by atoms with Crippen LogP contribution in [0.25, 0.3) is 0 Å². The summed E-state index contributed by atoms with van der Waals surface area (Å²) in [5.41, 5.74) is 5.98. The predicted molar refractivity (Wildman–Crippen MR) is 80.9 cm³/mol. The molecule has 1 aliphatic heterocycles. The topological polar surface area (TPSA) is 46.3 Å². The second-order valence-electron chi connectivity index (χ2n) is 6.22. The van der Waals surface area contributed by atoms with Gasteiger partial charge in [-0.3, -0.25) is 4.79 Å². The fourth-order valence-electron chi connectivity index (χ4n) is 2.99. The van der Waals surface area contributed by atoms with Gasteiger partial charge in [-0.05, 0) is 38.0 Å². The van der Waals surface area contributed by atoms with E-state index in [2.05, 4.69) is 25.7 Å². The quantitative estimate of drug-likeness (QED) is 0.771. The van der Waals surface area contributed by atoms with Gasteiger partial charge >= 0.3 is 0 Å². The standard InChI is InChI=1S/C16H32N2O/c1-4-6-8-14(5-2)11-16(19)18-10-7-9-15(12-18)13(3)17/h13-15H,4-12,17H2,1-3H3. The Morgan fingerprint density at radius 1 is 1.42 bits per heavy atom. The molecule has 2 N–H and O–H groups in total. The molecule has 3 atom stereocenters. The summed E-state index contributed by atoms with van der Waals surface area (Å²) in [6.07, 6.45) is 7.81. The average Bonchev–Trinajstić information content (AvgIpc) is 2.43. The van der Waals surface area contributed by atoms with Crippen molar-refractivity contribution in [3.05, 3.63) is 0 Å². The number of amides is 1. The number of hydrogen-bond acceptors (Lipinski definition) is 2. The van der Waals surface area contributed by atoms with Crippen LogP contribution < -0.4 is 5.73 Å². The smallest absolute Gasteiger partial charge is 0.222 e. The third-order valence-electron chi connectivity index (χ3n) is 4.56. The van der Waals surface area contributed by atoms with Gasteiger partial charge in [0.2, 0.25) is 5.91 Å². The highest BCUT2D eigenvalue weighted by Crippen LogP contribution is 2.22. The summed E-state index contributed by atoms with van der Waals surface area (Å²) in [4.78, 5) is 14.4. The van der Waals surface area contributed by atoms with E-state index in [0.29, 0.717) is 17.7 Å². The lowest BCUT2D eigenvalue weighted by Crippen LogP contribution is -2.45. The highest BCUT2D eigenvalue weighted by Gasteiger charge is 2.26. The Bertz CT molecular complexity index is 265. The lowest BCUT2D eigenvalue weighted by molar-refractivity contribution is -0.134. The van der Waals surface area contributed by atoms with Crippen molar-refractivity contribution in [2.75, 3.05) is 13.1 Å². The number of piperidine rings is 1. The molecular formula is C16H32N2O. The predicted octanol–water partition coefficient (Wildman–Crippen LogP) is 3.18. The number of carbonyl (C=O) groups is 1. The molecule has 1 amide bonds. The Morgan fingerprint density at radius 3 is 2.74 bits per heavy atom. The maximum atomic E-state index is 12.4. The minimum atomic E-state index is 0.206. The van der Waals surface area contributed by atoms with E-state index in [-0.39, 0.29) is 6.04 Å². The molecule has 1 heterocycles. The molecule has 0 spiro atoms. The largest absolute Gasteiger partial charge is 0.342 e. The van der Waals surface area contributed by atoms with Crippen LogP contribution in [0.1, 0.15) is 65.7 Å². The van der Waals surface area contributed by atoms with Gasteiger partial charge in [-0.25, -0.2) is 0 Å². The van der Waals surface area contributed by atoms with E-state index in [1.165, 1.54) is 25.7 Å². The zero-order valence-corrected chi connectivity index (χ0v) is 13.0. The molecule has 1 fully saturated rings. The first-order chi connectivity index (χ1) is 9.08. The van der Waals surface area contributed by atoms with Gasteiger partial charge in [-0.1, -0.05) is 33.1 Å². The molecule has 0 radical (unpaired) electrons. The average molecular weight is 268 g/mol. The minimum Gasteiger partial charge on any atom is -0.342 e. The number of hydrogen-bond donors (Lipinski definition) is 1. The summed E-state index contributed by atoms with van der Waals surface area (Å²) >= 11 is 0. The van der Waals surface area contributed by atoms with Crippen molar-refractivity contribution in [2.45, 2.75) is 71.8 Å². The van der Waals surface area contributed by atoms with Crippen molar-refractivity contribution in [1.29, 1.82) is 0 Å². The Morgan fingerprint density at radius 2 is 2.16 bits per heavy atom. The van der Waals surface area contributed by atoms with Crippen LogP contribution in [-0.2, 0) is 4.79 Å². The third-order valence-corrected chi connectivity index (χ3v) is 4.56. The first-order valence-corrected chi connectivity index (χ1v) is 8.11. The first-order valence-electron chi connectivity index (χ1n) is 8.11. The summed E-state index contributed by atoms with van der Waals surface area (Å²) < 4.78 is 0. The summed E-state index contributed by atoms with van der Waals surface area (Å²) in [7, 11) is 0. The molecule has 0 aromatic rings. The molecule has 3 nitrogen and oxygen atoms in total. The Balaban J connectivity index is 2.42. The van der Waals surface area contributed by atoms with E-state index in [0.717, 1.165) is 32.4 Å². The van der Waals surface area contributed by atoms with Crippen LogP contribution in [0, 0.1) is 11.8 Å². The molecule has 112 valence electrons. The van der Waals surface area contributed by atoms with Crippen molar-refractivity contribution >= 4 is 5.91 Å². The molecule has 3 heteroatoms. The van der Waals surface area contributed by atoms with Gasteiger partial charge in [0, 0.05) is 25.6 Å². The molecule has 1 aliphatic rings. The fourth-order valence-corrected chi connectivity index (χ4v) is 2.99. The van der Waals surface area contributed by atoms with Crippen LogP contribution in [0.3, 0.4) is 0 Å². The van der Waals surface area contributed by atoms with Gasteiger partial charge in [-0.15, -0.1) is 0 Å². The lowest BCUT2D eigenvalue weighted by atomic mass is 9.90. The molecule has 0 aliphatic carbocycles. The fraction of sp³-hybridized carbons (Fsp3) is 0.938. The summed E-state index contributed by atoms with van der Waals surface area (Å²) in [6.45, 7) is 8.29. The van der Waals surface area contributed by atoms with Crippen LogP contribution >= 0.6 is 0 Å². The molecule has 0 bridgehead atoms. The van der Waals surface area contributed by atoms with E-state index < -0.39 is 0 Å². The minimum absolute atomic E-state index is 0.206. The second-order valence-corrected chi connectivity index (χ2v) is 6.22. The van der Waals surface area contributed by atoms with Crippen molar-refractivity contribution in [1.82, 2.24) is 4.90 Å². The molecule has 3 unspecified atom stereocenters. The van der Waals surface area contributed by atoms with Crippen molar-refractivity contribution in [2.24, 2.45) is 17.6 Å². The summed E-state index contributed by atoms with van der Waals surface area (Å²) in [5.74, 6) is 1.42. The van der Waals surface area contributed by atoms with E-state index in [1.807, 2.05) is 0 Å². The van der Waals surface area contributed by atoms with Crippen LogP contribution in [0.2, 0.25) is 0 Å². The number of unbranched alkanes of at least 4 members (excludes halogenated alkanes) is 1. The SMILES string of the molecule is CCCCC(CC)CC(=O)N1CCCC(C(C)N)C1. The van der Waals surface area contributed by atoms with Crippen molar-refractivity contribution in [3.8, 4) is 0 Å². The number of carbonyl (C=O) groups excluding carboxylic acids is 1. The van der Waals surface area contributed by atoms with E-state index >= 15 is 0 Å². The van der Waals surface area contributed by atoms with E-state index in [4.69, 9.17) is 5.73 Å². The van der Waals surface area contributed by atoms with Crippen LogP contribution in [0.5, 0.6) is 0 Å². The van der Waals surface area contributed by atoms with Gasteiger partial charge in [-0.2, -0.15) is 0 Å². The molecule has 1 saturated heterocycles. The molecular weight excluding hydrogens is 236 g/mol. The first kappa shape index (κ1) is 16.5. The van der Waals surface area contributed by atoms with Crippen LogP contribution in [0.4, 0.5) is 0 Å². The number of nitrogens with two attached hydrogens (primary N) is 1. The van der Waals surface area contributed by atoms with Crippen molar-refractivity contribution in [3.63, 3.8) is 0 Å². The monoisotopic (exact) mass is 268 g/mol. The van der Waals surface area contributed by atoms with E-state index in [1.54, 1.807) is 0 Å². The highest BCUT2D eigenvalue weighted by atomic mass is 16.2. The number of nitrogens with zero attached hydrogens (tertiary/aromatic N) is 1. The second kappa shape index (κ2) is 8.57. The third kappa shape index (κ3) is 5.52. The lowest BCUT2D eigenvalue weighted by Gasteiger charge is -2.35. The van der Waals surface area contributed by atoms with Gasteiger partial charge in [0.1, 0.15) is 0 Å². The zero-order valence-electron chi connectivity index (χ0n) is 13.0. The Labute approximate surface area is 118 Å². The number of likely N-dealkylation sites (tertiary alicyclic amines) is 1. The van der Waals surface area contributed by atoms with Gasteiger partial charge in [0.25, 0.3) is 0 Å². The van der Waals surface area contributed by atoms with Crippen LogP contribution in [0.15, 0.2) is 0 Å². The van der Waals surface area contributed by atoms with Gasteiger partial charge < -0.3 is 10.6 Å². The summed E-state index contributed by atoms with van der Waals surface area (Å²) in [5, 5.41) is 0. The normalized spacial score (nSPS) is 23.2. The maximum absolute atomic E-state index is 12.4. The molecule has 0 aromatic carbocycles. The Hall–Kier alpha value is -0.570. The maximum Gasteiger partial charge on any atom is 0.222 e. The molecule has 0 saturated carbocycles. The number of rotatable bonds is 7. The zero-order chi connectivity index (χ0) is 14.3. The highest BCUT2D eigenvalue weighted by molar-refractivity contribution is 5.76. The van der Waals surface area contributed by atoms with Crippen LogP contribution in [-0.4, -0.2) is 29.9 Å². The Kier molecular flexibility index (Phi) is 7.44. The van der Waals surface area contributed by atoms with Gasteiger partial charge in [0.15, 0.2) is 0 Å². The van der Waals surface area contributed by atoms with Gasteiger partial charge in [0.05, 0.1) is 0 Å². The molecule has 1 rings (SSSR count). The van der Waals surface area contributed by atoms with E-state index in [9.17, 15) is 4.79 Å².